The Balaban J connectivity index is 1.68. The summed E-state index contributed by atoms with van der Waals surface area (Å²) in [6.45, 7) is 27.7. The molecule has 0 aromatic carbocycles. The van der Waals surface area contributed by atoms with Crippen molar-refractivity contribution in [3.05, 3.63) is 12.2 Å². The molecule has 4 rings (SSSR count). The SMILES string of the molecule is CC(C)CCC[C@@H](C)[C@H]1CC[C@H]2[C@H]3[C@H](CC[C@]12C)[C@@]1(C)CC=CC(C)(C)[C@@H]1C[C@@]3(C)O[Si](C)(C)C. The van der Waals surface area contributed by atoms with Gasteiger partial charge in [0.1, 0.15) is 0 Å². The van der Waals surface area contributed by atoms with Gasteiger partial charge < -0.3 is 4.43 Å². The molecule has 0 spiro atoms. The van der Waals surface area contributed by atoms with E-state index < -0.39 is 8.32 Å². The van der Waals surface area contributed by atoms with Crippen molar-refractivity contribution < 1.29 is 4.43 Å². The monoisotopic (exact) mass is 500 g/mol. The third kappa shape index (κ3) is 4.91. The van der Waals surface area contributed by atoms with Crippen LogP contribution in [0.1, 0.15) is 113 Å². The molecule has 4 aliphatic carbocycles. The lowest BCUT2D eigenvalue weighted by Gasteiger charge is -2.68. The van der Waals surface area contributed by atoms with E-state index in [1.54, 1.807) is 0 Å². The van der Waals surface area contributed by atoms with Crippen LogP contribution in [0.5, 0.6) is 0 Å². The Bertz CT molecular complexity index is 791. The molecule has 2 heteroatoms. The zero-order valence-corrected chi connectivity index (χ0v) is 26.5. The quantitative estimate of drug-likeness (QED) is 0.249. The second-order valence-corrected chi connectivity index (χ2v) is 20.9. The maximum Gasteiger partial charge on any atom is 0.184 e. The van der Waals surface area contributed by atoms with Crippen molar-refractivity contribution in [1.29, 1.82) is 0 Å². The fraction of sp³-hybridized carbons (Fsp3) is 0.939. The van der Waals surface area contributed by atoms with Gasteiger partial charge in [-0.15, -0.1) is 0 Å². The summed E-state index contributed by atoms with van der Waals surface area (Å²) >= 11 is 0. The minimum atomic E-state index is -1.67. The molecule has 3 fully saturated rings. The lowest BCUT2D eigenvalue weighted by Crippen LogP contribution is -2.65. The van der Waals surface area contributed by atoms with E-state index in [9.17, 15) is 0 Å². The van der Waals surface area contributed by atoms with Crippen LogP contribution in [0.4, 0.5) is 0 Å². The molecule has 0 aromatic rings. The van der Waals surface area contributed by atoms with Crippen molar-refractivity contribution in [2.75, 3.05) is 0 Å². The first-order chi connectivity index (χ1) is 16.0. The lowest BCUT2D eigenvalue weighted by molar-refractivity contribution is -0.205. The van der Waals surface area contributed by atoms with Crippen LogP contribution in [-0.2, 0) is 4.43 Å². The van der Waals surface area contributed by atoms with Gasteiger partial charge in [0.25, 0.3) is 0 Å². The van der Waals surface area contributed by atoms with Crippen LogP contribution < -0.4 is 0 Å². The van der Waals surface area contributed by atoms with Gasteiger partial charge in [-0.3, -0.25) is 0 Å². The van der Waals surface area contributed by atoms with Crippen molar-refractivity contribution in [3.8, 4) is 0 Å². The van der Waals surface area contributed by atoms with Gasteiger partial charge in [0.05, 0.1) is 5.60 Å². The molecule has 0 aromatic heterocycles. The Labute approximate surface area is 220 Å². The molecule has 3 saturated carbocycles. The predicted octanol–water partition coefficient (Wildman–Crippen LogP) is 10.1. The van der Waals surface area contributed by atoms with Crippen molar-refractivity contribution in [2.24, 2.45) is 57.7 Å². The normalized spacial score (nSPS) is 45.7. The highest BCUT2D eigenvalue weighted by Crippen LogP contribution is 2.72. The van der Waals surface area contributed by atoms with Crippen LogP contribution in [-0.4, -0.2) is 13.9 Å². The number of hydrogen-bond acceptors (Lipinski definition) is 1. The van der Waals surface area contributed by atoms with Gasteiger partial charge in [0.15, 0.2) is 8.32 Å². The lowest BCUT2D eigenvalue weighted by atomic mass is 9.39. The second-order valence-electron chi connectivity index (χ2n) is 16.5. The first-order valence-electron chi connectivity index (χ1n) is 15.4. The molecule has 4 aliphatic rings. The summed E-state index contributed by atoms with van der Waals surface area (Å²) < 4.78 is 7.38. The summed E-state index contributed by atoms with van der Waals surface area (Å²) in [7, 11) is -1.67. The summed E-state index contributed by atoms with van der Waals surface area (Å²) in [5.41, 5.74) is 1.23. The molecule has 0 unspecified atom stereocenters. The fourth-order valence-corrected chi connectivity index (χ4v) is 12.4. The largest absolute Gasteiger partial charge is 0.412 e. The van der Waals surface area contributed by atoms with Crippen molar-refractivity contribution in [2.45, 2.75) is 138 Å². The first-order valence-corrected chi connectivity index (χ1v) is 18.8. The van der Waals surface area contributed by atoms with Gasteiger partial charge in [-0.05, 0) is 123 Å². The van der Waals surface area contributed by atoms with Crippen LogP contribution in [0, 0.1) is 57.7 Å². The fourth-order valence-electron chi connectivity index (χ4n) is 10.7. The molecule has 1 nitrogen and oxygen atoms in total. The second kappa shape index (κ2) is 9.28. The van der Waals surface area contributed by atoms with E-state index in [1.165, 1.54) is 57.8 Å². The molecule has 202 valence electrons. The highest BCUT2D eigenvalue weighted by atomic mass is 28.4. The predicted molar refractivity (Wildman–Crippen MR) is 155 cm³/mol. The van der Waals surface area contributed by atoms with Crippen LogP contribution in [0.25, 0.3) is 0 Å². The third-order valence-electron chi connectivity index (χ3n) is 12.0. The maximum atomic E-state index is 7.38. The van der Waals surface area contributed by atoms with Gasteiger partial charge in [-0.25, -0.2) is 0 Å². The van der Waals surface area contributed by atoms with E-state index >= 15 is 0 Å². The Morgan fingerprint density at radius 1 is 0.886 bits per heavy atom. The maximum absolute atomic E-state index is 7.38. The summed E-state index contributed by atoms with van der Waals surface area (Å²) in [6, 6.07) is 0. The smallest absolute Gasteiger partial charge is 0.184 e. The molecule has 0 heterocycles. The van der Waals surface area contributed by atoms with E-state index in [1.807, 2.05) is 0 Å². The Hall–Kier alpha value is -0.0831. The Morgan fingerprint density at radius 2 is 1.54 bits per heavy atom. The molecule has 0 radical (unpaired) electrons. The summed E-state index contributed by atoms with van der Waals surface area (Å²) in [5, 5.41) is 0. The molecule has 0 aliphatic heterocycles. The van der Waals surface area contributed by atoms with E-state index in [2.05, 4.69) is 87.2 Å². The Kier molecular flexibility index (Phi) is 7.41. The highest BCUT2D eigenvalue weighted by Gasteiger charge is 2.67. The minimum Gasteiger partial charge on any atom is -0.412 e. The topological polar surface area (TPSA) is 9.23 Å². The molecular weight excluding hydrogens is 440 g/mol. The van der Waals surface area contributed by atoms with Gasteiger partial charge in [-0.1, -0.05) is 79.9 Å². The van der Waals surface area contributed by atoms with Gasteiger partial charge in [0.2, 0.25) is 0 Å². The number of rotatable bonds is 7. The number of fused-ring (bicyclic) bond motifs is 5. The van der Waals surface area contributed by atoms with Crippen molar-refractivity contribution >= 4 is 8.32 Å². The van der Waals surface area contributed by atoms with E-state index in [0.717, 1.165) is 41.4 Å². The van der Waals surface area contributed by atoms with Crippen LogP contribution in [0.2, 0.25) is 19.6 Å². The van der Waals surface area contributed by atoms with Gasteiger partial charge in [0, 0.05) is 0 Å². The van der Waals surface area contributed by atoms with Crippen molar-refractivity contribution in [3.63, 3.8) is 0 Å². The molecule has 0 bridgehead atoms. The van der Waals surface area contributed by atoms with Gasteiger partial charge in [-0.2, -0.15) is 0 Å². The molecule has 35 heavy (non-hydrogen) atoms. The molecule has 0 saturated heterocycles. The zero-order chi connectivity index (χ0) is 26.0. The summed E-state index contributed by atoms with van der Waals surface area (Å²) in [5.74, 6) is 5.71. The highest BCUT2D eigenvalue weighted by molar-refractivity contribution is 6.69. The summed E-state index contributed by atoms with van der Waals surface area (Å²) in [6.07, 6.45) is 17.7. The minimum absolute atomic E-state index is 0.0316. The average molecular weight is 501 g/mol. The molecular formula is C33H60OSi. The van der Waals surface area contributed by atoms with Crippen molar-refractivity contribution in [1.82, 2.24) is 0 Å². The zero-order valence-electron chi connectivity index (χ0n) is 25.5. The number of hydrogen-bond donors (Lipinski definition) is 0. The average Bonchev–Trinajstić information content (AvgIpc) is 3.05. The molecule has 0 N–H and O–H groups in total. The van der Waals surface area contributed by atoms with Gasteiger partial charge >= 0.3 is 0 Å². The van der Waals surface area contributed by atoms with E-state index in [-0.39, 0.29) is 11.0 Å². The third-order valence-corrected chi connectivity index (χ3v) is 13.1. The van der Waals surface area contributed by atoms with Crippen LogP contribution >= 0.6 is 0 Å². The van der Waals surface area contributed by atoms with Crippen LogP contribution in [0.3, 0.4) is 0 Å². The molecule has 0 amide bonds. The first kappa shape index (κ1) is 27.9. The summed E-state index contributed by atoms with van der Waals surface area (Å²) in [4.78, 5) is 0. The Morgan fingerprint density at radius 3 is 2.17 bits per heavy atom. The van der Waals surface area contributed by atoms with Crippen LogP contribution in [0.15, 0.2) is 12.2 Å². The standard InChI is InChI=1S/C33H60OSi/c1-23(2)14-12-15-24(3)25-16-17-26-29-27(18-21-31(25,26)6)32(7)20-13-19-30(4,5)28(32)22-33(29,8)34-35(9,10)11/h13,19,23-29H,12,14-18,20-22H2,1-11H3/t24-,25-,26+,27+,28+,29+,31-,32-,33-/m1/s1. The number of allylic oxidation sites excluding steroid dienone is 2. The van der Waals surface area contributed by atoms with E-state index in [4.69, 9.17) is 4.43 Å². The van der Waals surface area contributed by atoms with E-state index in [0.29, 0.717) is 10.8 Å². The molecule has 9 atom stereocenters.